The number of hydrogen-bond donors (Lipinski definition) is 2. The van der Waals surface area contributed by atoms with Crippen molar-refractivity contribution in [1.29, 1.82) is 0 Å². The quantitative estimate of drug-likeness (QED) is 0.841. The number of rotatable bonds is 6. The fraction of sp³-hybridized carbons (Fsp3) is 0.500. The second-order valence-electron chi connectivity index (χ2n) is 5.44. The molecular formula is C14H20ClNO3. The van der Waals surface area contributed by atoms with Crippen LogP contribution >= 0.6 is 11.6 Å². The van der Waals surface area contributed by atoms with Gasteiger partial charge in [0.25, 0.3) is 0 Å². The third-order valence-corrected chi connectivity index (χ3v) is 3.30. The zero-order valence-electron chi connectivity index (χ0n) is 11.4. The van der Waals surface area contributed by atoms with Gasteiger partial charge in [-0.2, -0.15) is 0 Å². The lowest BCUT2D eigenvalue weighted by Gasteiger charge is -2.26. The maximum Gasteiger partial charge on any atom is 0.303 e. The lowest BCUT2D eigenvalue weighted by atomic mass is 9.81. The van der Waals surface area contributed by atoms with Crippen molar-refractivity contribution >= 4 is 17.6 Å². The second kappa shape index (κ2) is 6.26. The van der Waals surface area contributed by atoms with Crippen LogP contribution < -0.4 is 10.5 Å². The molecule has 0 bridgehead atoms. The number of carboxylic acids is 1. The molecule has 106 valence electrons. The summed E-state index contributed by atoms with van der Waals surface area (Å²) >= 11 is 6.05. The summed E-state index contributed by atoms with van der Waals surface area (Å²) in [5.41, 5.74) is 6.64. The Morgan fingerprint density at radius 1 is 1.53 bits per heavy atom. The van der Waals surface area contributed by atoms with Gasteiger partial charge in [0.1, 0.15) is 5.75 Å². The summed E-state index contributed by atoms with van der Waals surface area (Å²) in [6.07, 6.45) is 0.659. The Morgan fingerprint density at radius 3 is 2.63 bits per heavy atom. The molecule has 4 nitrogen and oxygen atoms in total. The molecule has 0 amide bonds. The van der Waals surface area contributed by atoms with Crippen molar-refractivity contribution in [2.24, 2.45) is 11.1 Å². The van der Waals surface area contributed by atoms with Gasteiger partial charge in [-0.25, -0.2) is 0 Å². The molecule has 0 saturated heterocycles. The van der Waals surface area contributed by atoms with E-state index in [1.165, 1.54) is 0 Å². The lowest BCUT2D eigenvalue weighted by molar-refractivity contribution is -0.139. The van der Waals surface area contributed by atoms with Gasteiger partial charge in [0.15, 0.2) is 0 Å². The molecule has 5 heteroatoms. The summed E-state index contributed by atoms with van der Waals surface area (Å²) in [4.78, 5) is 10.8. The van der Waals surface area contributed by atoms with Gasteiger partial charge in [-0.1, -0.05) is 31.5 Å². The van der Waals surface area contributed by atoms with Crippen LogP contribution in [0.2, 0.25) is 5.02 Å². The number of nitrogens with two attached hydrogens (primary N) is 1. The minimum absolute atomic E-state index is 0.0879. The Morgan fingerprint density at radius 2 is 2.16 bits per heavy atom. The van der Waals surface area contributed by atoms with Crippen LogP contribution in [0.1, 0.15) is 38.3 Å². The van der Waals surface area contributed by atoms with Crippen LogP contribution in [-0.4, -0.2) is 18.2 Å². The number of halogens is 1. The minimum atomic E-state index is -0.815. The SMILES string of the molecule is COc1ccc(C(N)CC(C)(C)CC(=O)O)cc1Cl. The molecule has 1 aromatic rings. The predicted molar refractivity (Wildman–Crippen MR) is 75.6 cm³/mol. The summed E-state index contributed by atoms with van der Waals surface area (Å²) in [5.74, 6) is -0.215. The van der Waals surface area contributed by atoms with Crippen molar-refractivity contribution in [1.82, 2.24) is 0 Å². The van der Waals surface area contributed by atoms with Gasteiger partial charge < -0.3 is 15.6 Å². The summed E-state index contributed by atoms with van der Waals surface area (Å²) in [5, 5.41) is 9.37. The van der Waals surface area contributed by atoms with Crippen LogP contribution in [-0.2, 0) is 4.79 Å². The maximum absolute atomic E-state index is 10.8. The van der Waals surface area contributed by atoms with Crippen LogP contribution in [0.5, 0.6) is 5.75 Å². The largest absolute Gasteiger partial charge is 0.495 e. The first-order valence-corrected chi connectivity index (χ1v) is 6.44. The topological polar surface area (TPSA) is 72.5 Å². The molecule has 1 atom stereocenters. The highest BCUT2D eigenvalue weighted by Gasteiger charge is 2.25. The zero-order valence-corrected chi connectivity index (χ0v) is 12.2. The van der Waals surface area contributed by atoms with E-state index in [1.807, 2.05) is 19.9 Å². The monoisotopic (exact) mass is 285 g/mol. The van der Waals surface area contributed by atoms with E-state index in [-0.39, 0.29) is 17.9 Å². The number of carbonyl (C=O) groups is 1. The standard InChI is InChI=1S/C14H20ClNO3/c1-14(2,8-13(17)18)7-11(16)9-4-5-12(19-3)10(15)6-9/h4-6,11H,7-8,16H2,1-3H3,(H,17,18). The van der Waals surface area contributed by atoms with Crippen molar-refractivity contribution in [3.8, 4) is 5.75 Å². The number of benzene rings is 1. The Labute approximate surface area is 118 Å². The Kier molecular flexibility index (Phi) is 5.20. The zero-order chi connectivity index (χ0) is 14.6. The van der Waals surface area contributed by atoms with Crippen LogP contribution in [0.3, 0.4) is 0 Å². The van der Waals surface area contributed by atoms with E-state index in [0.717, 1.165) is 5.56 Å². The van der Waals surface area contributed by atoms with Gasteiger partial charge in [0.2, 0.25) is 0 Å². The molecule has 0 saturated carbocycles. The van der Waals surface area contributed by atoms with Gasteiger partial charge in [0.05, 0.1) is 18.6 Å². The van der Waals surface area contributed by atoms with Crippen LogP contribution in [0.25, 0.3) is 0 Å². The molecule has 0 heterocycles. The van der Waals surface area contributed by atoms with Gasteiger partial charge in [0, 0.05) is 6.04 Å². The molecule has 19 heavy (non-hydrogen) atoms. The third kappa shape index (κ3) is 4.73. The van der Waals surface area contributed by atoms with Crippen molar-refractivity contribution in [2.75, 3.05) is 7.11 Å². The average molecular weight is 286 g/mol. The average Bonchev–Trinajstić information content (AvgIpc) is 2.26. The molecule has 0 aliphatic carbocycles. The number of aliphatic carboxylic acids is 1. The normalized spacial score (nSPS) is 13.1. The Balaban J connectivity index is 2.80. The molecule has 0 spiro atoms. The molecule has 1 unspecified atom stereocenters. The minimum Gasteiger partial charge on any atom is -0.495 e. The van der Waals surface area contributed by atoms with Crippen molar-refractivity contribution < 1.29 is 14.6 Å². The number of carboxylic acid groups (broad SMARTS) is 1. The highest BCUT2D eigenvalue weighted by atomic mass is 35.5. The van der Waals surface area contributed by atoms with E-state index in [1.54, 1.807) is 19.2 Å². The third-order valence-electron chi connectivity index (χ3n) is 3.01. The highest BCUT2D eigenvalue weighted by Crippen LogP contribution is 2.34. The van der Waals surface area contributed by atoms with E-state index < -0.39 is 5.97 Å². The molecule has 0 aliphatic heterocycles. The van der Waals surface area contributed by atoms with Crippen LogP contribution in [0.4, 0.5) is 0 Å². The van der Waals surface area contributed by atoms with Crippen LogP contribution in [0, 0.1) is 5.41 Å². The molecule has 0 fully saturated rings. The molecule has 0 aromatic heterocycles. The molecule has 1 rings (SSSR count). The number of methoxy groups -OCH3 is 1. The predicted octanol–water partition coefficient (Wildman–Crippen LogP) is 3.24. The molecular weight excluding hydrogens is 266 g/mol. The molecule has 3 N–H and O–H groups in total. The van der Waals surface area contributed by atoms with Crippen molar-refractivity contribution in [3.63, 3.8) is 0 Å². The summed E-state index contributed by atoms with van der Waals surface area (Å²) < 4.78 is 5.08. The van der Waals surface area contributed by atoms with E-state index >= 15 is 0 Å². The highest BCUT2D eigenvalue weighted by molar-refractivity contribution is 6.32. The van der Waals surface area contributed by atoms with Gasteiger partial charge >= 0.3 is 5.97 Å². The fourth-order valence-electron chi connectivity index (χ4n) is 2.11. The first kappa shape index (κ1) is 15.8. The maximum atomic E-state index is 10.8. The fourth-order valence-corrected chi connectivity index (χ4v) is 2.37. The summed E-state index contributed by atoms with van der Waals surface area (Å²) in [6, 6.07) is 5.13. The number of hydrogen-bond acceptors (Lipinski definition) is 3. The lowest BCUT2D eigenvalue weighted by Crippen LogP contribution is -2.24. The summed E-state index contributed by atoms with van der Waals surface area (Å²) in [6.45, 7) is 3.79. The van der Waals surface area contributed by atoms with E-state index in [9.17, 15) is 4.79 Å². The van der Waals surface area contributed by atoms with Gasteiger partial charge in [-0.15, -0.1) is 0 Å². The van der Waals surface area contributed by atoms with E-state index in [0.29, 0.717) is 17.2 Å². The molecule has 1 aromatic carbocycles. The van der Waals surface area contributed by atoms with Gasteiger partial charge in [-0.3, -0.25) is 4.79 Å². The van der Waals surface area contributed by atoms with Crippen LogP contribution in [0.15, 0.2) is 18.2 Å². The van der Waals surface area contributed by atoms with Gasteiger partial charge in [-0.05, 0) is 29.5 Å². The Bertz CT molecular complexity index is 460. The number of ether oxygens (including phenoxy) is 1. The first-order chi connectivity index (χ1) is 8.75. The van der Waals surface area contributed by atoms with Crippen molar-refractivity contribution in [3.05, 3.63) is 28.8 Å². The van der Waals surface area contributed by atoms with Crippen molar-refractivity contribution in [2.45, 2.75) is 32.7 Å². The second-order valence-corrected chi connectivity index (χ2v) is 5.85. The molecule has 0 radical (unpaired) electrons. The molecule has 0 aliphatic rings. The van der Waals surface area contributed by atoms with E-state index in [2.05, 4.69) is 0 Å². The van der Waals surface area contributed by atoms with E-state index in [4.69, 9.17) is 27.2 Å². The first-order valence-electron chi connectivity index (χ1n) is 6.06. The smallest absolute Gasteiger partial charge is 0.303 e. The Hall–Kier alpha value is -1.26. The summed E-state index contributed by atoms with van der Waals surface area (Å²) in [7, 11) is 1.55.